The van der Waals surface area contributed by atoms with E-state index >= 15 is 0 Å². The van der Waals surface area contributed by atoms with E-state index in [1.165, 1.54) is 0 Å². The van der Waals surface area contributed by atoms with Gasteiger partial charge in [-0.05, 0) is 45.7 Å². The molecular formula is C16H28ClN3. The van der Waals surface area contributed by atoms with E-state index in [0.29, 0.717) is 12.6 Å². The number of nitrogens with one attached hydrogen (secondary N) is 1. The lowest BCUT2D eigenvalue weighted by Gasteiger charge is -2.28. The maximum Gasteiger partial charge on any atom is 0.128 e. The summed E-state index contributed by atoms with van der Waals surface area (Å²) in [6.45, 7) is 11.5. The van der Waals surface area contributed by atoms with E-state index in [0.717, 1.165) is 29.4 Å². The van der Waals surface area contributed by atoms with Gasteiger partial charge in [-0.15, -0.1) is 0 Å². The summed E-state index contributed by atoms with van der Waals surface area (Å²) in [6.07, 6.45) is 2.24. The number of rotatable bonds is 6. The normalized spacial score (nSPS) is 12.0. The fourth-order valence-corrected chi connectivity index (χ4v) is 2.34. The molecule has 0 spiro atoms. The molecule has 0 unspecified atom stereocenters. The third-order valence-corrected chi connectivity index (χ3v) is 3.89. The molecule has 4 heteroatoms. The zero-order valence-corrected chi connectivity index (χ0v) is 14.4. The molecular weight excluding hydrogens is 270 g/mol. The minimum absolute atomic E-state index is 0.0578. The molecule has 0 saturated heterocycles. The highest BCUT2D eigenvalue weighted by Crippen LogP contribution is 2.22. The highest BCUT2D eigenvalue weighted by Gasteiger charge is 2.15. The van der Waals surface area contributed by atoms with E-state index in [2.05, 4.69) is 51.9 Å². The van der Waals surface area contributed by atoms with Gasteiger partial charge in [-0.25, -0.2) is 4.98 Å². The van der Waals surface area contributed by atoms with E-state index in [1.807, 2.05) is 12.1 Å². The molecule has 0 saturated carbocycles. The average Bonchev–Trinajstić information content (AvgIpc) is 2.38. The fraction of sp³-hybridized carbons (Fsp3) is 0.688. The summed E-state index contributed by atoms with van der Waals surface area (Å²) in [7, 11) is 2.11. The number of pyridine rings is 1. The predicted molar refractivity (Wildman–Crippen MR) is 88.6 cm³/mol. The Labute approximate surface area is 128 Å². The van der Waals surface area contributed by atoms with Gasteiger partial charge in [0.1, 0.15) is 5.82 Å². The van der Waals surface area contributed by atoms with Crippen LogP contribution in [0.2, 0.25) is 5.02 Å². The van der Waals surface area contributed by atoms with Gasteiger partial charge in [0, 0.05) is 25.2 Å². The van der Waals surface area contributed by atoms with Crippen LogP contribution in [0.25, 0.3) is 0 Å². The number of nitrogens with zero attached hydrogens (tertiary/aromatic N) is 2. The first-order valence-corrected chi connectivity index (χ1v) is 7.79. The SMILES string of the molecule is CCC(CC)N(C)c1ccc(Cl)c(CNC(C)(C)C)n1. The lowest BCUT2D eigenvalue weighted by Crippen LogP contribution is -2.36. The number of anilines is 1. The monoisotopic (exact) mass is 297 g/mol. The zero-order chi connectivity index (χ0) is 15.3. The van der Waals surface area contributed by atoms with Crippen LogP contribution in [-0.4, -0.2) is 23.6 Å². The van der Waals surface area contributed by atoms with Gasteiger partial charge in [0.05, 0.1) is 10.7 Å². The lowest BCUT2D eigenvalue weighted by molar-refractivity contribution is 0.421. The van der Waals surface area contributed by atoms with Crippen molar-refractivity contribution in [2.24, 2.45) is 0 Å². The van der Waals surface area contributed by atoms with Crippen LogP contribution in [0.1, 0.15) is 53.2 Å². The number of halogens is 1. The van der Waals surface area contributed by atoms with E-state index < -0.39 is 0 Å². The van der Waals surface area contributed by atoms with Gasteiger partial charge in [0.15, 0.2) is 0 Å². The van der Waals surface area contributed by atoms with Gasteiger partial charge in [-0.1, -0.05) is 25.4 Å². The van der Waals surface area contributed by atoms with Gasteiger partial charge in [0.2, 0.25) is 0 Å². The summed E-state index contributed by atoms with van der Waals surface area (Å²) in [6, 6.07) is 4.47. The Morgan fingerprint density at radius 1 is 1.25 bits per heavy atom. The Kier molecular flexibility index (Phi) is 6.28. The molecule has 1 rings (SSSR count). The maximum absolute atomic E-state index is 6.26. The lowest BCUT2D eigenvalue weighted by atomic mass is 10.1. The predicted octanol–water partition coefficient (Wildman–Crippen LogP) is 4.25. The molecule has 0 aliphatic carbocycles. The van der Waals surface area contributed by atoms with Crippen LogP contribution in [0.3, 0.4) is 0 Å². The minimum Gasteiger partial charge on any atom is -0.357 e. The highest BCUT2D eigenvalue weighted by atomic mass is 35.5. The fourth-order valence-electron chi connectivity index (χ4n) is 2.17. The summed E-state index contributed by atoms with van der Waals surface area (Å²) in [4.78, 5) is 6.97. The van der Waals surface area contributed by atoms with Gasteiger partial charge in [0.25, 0.3) is 0 Å². The van der Waals surface area contributed by atoms with Gasteiger partial charge in [-0.3, -0.25) is 0 Å². The first-order valence-electron chi connectivity index (χ1n) is 7.41. The smallest absolute Gasteiger partial charge is 0.128 e. The van der Waals surface area contributed by atoms with E-state index in [4.69, 9.17) is 16.6 Å². The molecule has 1 aromatic rings. The molecule has 0 atom stereocenters. The van der Waals surface area contributed by atoms with Gasteiger partial charge in [-0.2, -0.15) is 0 Å². The summed E-state index contributed by atoms with van der Waals surface area (Å²) in [5.41, 5.74) is 0.972. The Bertz CT molecular complexity index is 422. The molecule has 1 aromatic heterocycles. The second-order valence-corrected chi connectivity index (χ2v) is 6.69. The second-order valence-electron chi connectivity index (χ2n) is 6.28. The summed E-state index contributed by atoms with van der Waals surface area (Å²) < 4.78 is 0. The number of aromatic nitrogens is 1. The molecule has 1 heterocycles. The van der Waals surface area contributed by atoms with Crippen LogP contribution < -0.4 is 10.2 Å². The van der Waals surface area contributed by atoms with E-state index in [-0.39, 0.29) is 5.54 Å². The molecule has 0 fully saturated rings. The van der Waals surface area contributed by atoms with Crippen molar-refractivity contribution >= 4 is 17.4 Å². The van der Waals surface area contributed by atoms with E-state index in [1.54, 1.807) is 0 Å². The molecule has 20 heavy (non-hydrogen) atoms. The van der Waals surface area contributed by atoms with Crippen molar-refractivity contribution in [2.75, 3.05) is 11.9 Å². The summed E-state index contributed by atoms with van der Waals surface area (Å²) >= 11 is 6.26. The molecule has 0 aliphatic rings. The van der Waals surface area contributed by atoms with Crippen molar-refractivity contribution in [3.05, 3.63) is 22.8 Å². The van der Waals surface area contributed by atoms with Crippen molar-refractivity contribution in [1.82, 2.24) is 10.3 Å². The molecule has 0 aromatic carbocycles. The number of hydrogen-bond donors (Lipinski definition) is 1. The van der Waals surface area contributed by atoms with Crippen molar-refractivity contribution in [1.29, 1.82) is 0 Å². The first kappa shape index (κ1) is 17.3. The second kappa shape index (κ2) is 7.28. The van der Waals surface area contributed by atoms with Crippen LogP contribution >= 0.6 is 11.6 Å². The standard InChI is InChI=1S/C16H28ClN3/c1-7-12(8-2)20(6)15-10-9-13(17)14(19-15)11-18-16(3,4)5/h9-10,12,18H,7-8,11H2,1-6H3. The molecule has 0 bridgehead atoms. The molecule has 3 nitrogen and oxygen atoms in total. The van der Waals surface area contributed by atoms with Crippen molar-refractivity contribution in [3.8, 4) is 0 Å². The Balaban J connectivity index is 2.90. The summed E-state index contributed by atoms with van der Waals surface area (Å²) in [5.74, 6) is 0.994. The Morgan fingerprint density at radius 3 is 2.35 bits per heavy atom. The number of hydrogen-bond acceptors (Lipinski definition) is 3. The van der Waals surface area contributed by atoms with Crippen LogP contribution in [0.15, 0.2) is 12.1 Å². The Hall–Kier alpha value is -0.800. The molecule has 1 N–H and O–H groups in total. The Morgan fingerprint density at radius 2 is 1.85 bits per heavy atom. The summed E-state index contributed by atoms with van der Waals surface area (Å²) in [5, 5.41) is 4.16. The minimum atomic E-state index is 0.0578. The van der Waals surface area contributed by atoms with Gasteiger partial charge < -0.3 is 10.2 Å². The van der Waals surface area contributed by atoms with Crippen molar-refractivity contribution in [2.45, 2.75) is 65.6 Å². The molecule has 0 radical (unpaired) electrons. The van der Waals surface area contributed by atoms with Crippen LogP contribution in [-0.2, 0) is 6.54 Å². The van der Waals surface area contributed by atoms with Crippen LogP contribution in [0.5, 0.6) is 0 Å². The molecule has 0 amide bonds. The molecule has 114 valence electrons. The van der Waals surface area contributed by atoms with Crippen LogP contribution in [0, 0.1) is 0 Å². The van der Waals surface area contributed by atoms with Crippen molar-refractivity contribution < 1.29 is 0 Å². The molecule has 0 aliphatic heterocycles. The van der Waals surface area contributed by atoms with Crippen molar-refractivity contribution in [3.63, 3.8) is 0 Å². The van der Waals surface area contributed by atoms with E-state index in [9.17, 15) is 0 Å². The largest absolute Gasteiger partial charge is 0.357 e. The third-order valence-electron chi connectivity index (χ3n) is 3.54. The average molecular weight is 298 g/mol. The van der Waals surface area contributed by atoms with Gasteiger partial charge >= 0.3 is 0 Å². The first-order chi connectivity index (χ1) is 9.28. The highest BCUT2D eigenvalue weighted by molar-refractivity contribution is 6.31. The topological polar surface area (TPSA) is 28.2 Å². The van der Waals surface area contributed by atoms with Crippen LogP contribution in [0.4, 0.5) is 5.82 Å². The zero-order valence-electron chi connectivity index (χ0n) is 13.6. The quantitative estimate of drug-likeness (QED) is 0.851. The third kappa shape index (κ3) is 4.95. The maximum atomic E-state index is 6.26.